The van der Waals surface area contributed by atoms with Gasteiger partial charge in [-0.1, -0.05) is 32.4 Å². The van der Waals surface area contributed by atoms with Crippen LogP contribution in [-0.2, 0) is 12.0 Å². The molecule has 0 unspecified atom stereocenters. The Labute approximate surface area is 160 Å². The van der Waals surface area contributed by atoms with E-state index in [4.69, 9.17) is 11.6 Å². The molecule has 0 bridgehead atoms. The van der Waals surface area contributed by atoms with Crippen LogP contribution in [0, 0.1) is 24.5 Å². The molecule has 26 heavy (non-hydrogen) atoms. The van der Waals surface area contributed by atoms with Crippen molar-refractivity contribution in [2.75, 3.05) is 0 Å². The average Bonchev–Trinajstić information content (AvgIpc) is 3.31. The van der Waals surface area contributed by atoms with Gasteiger partial charge in [0.1, 0.15) is 10.8 Å². The van der Waals surface area contributed by atoms with Gasteiger partial charge >= 0.3 is 0 Å². The topological polar surface area (TPSA) is 34.4 Å². The summed E-state index contributed by atoms with van der Waals surface area (Å²) in [5.41, 5.74) is 0.678. The van der Waals surface area contributed by atoms with E-state index in [2.05, 4.69) is 25.8 Å². The van der Waals surface area contributed by atoms with Crippen LogP contribution in [-0.4, -0.2) is 10.5 Å². The average molecular weight is 399 g/mol. The molecule has 1 amide bonds. The molecule has 1 heterocycles. The maximum absolute atomic E-state index is 14.2. The quantitative estimate of drug-likeness (QED) is 0.651. The third kappa shape index (κ3) is 3.76. The minimum absolute atomic E-state index is 0.0820. The highest BCUT2D eigenvalue weighted by Gasteiger charge is 2.27. The lowest BCUT2D eigenvalue weighted by molar-refractivity contribution is 0.0993. The lowest BCUT2D eigenvalue weighted by atomic mass is 9.93. The Balaban J connectivity index is 2.10. The molecule has 1 aliphatic carbocycles. The van der Waals surface area contributed by atoms with Crippen LogP contribution in [0.4, 0.5) is 8.78 Å². The van der Waals surface area contributed by atoms with Gasteiger partial charge in [0, 0.05) is 17.1 Å². The fraction of sp³-hybridized carbons (Fsp3) is 0.474. The van der Waals surface area contributed by atoms with Crippen molar-refractivity contribution in [2.45, 2.75) is 52.5 Å². The molecule has 1 saturated carbocycles. The Morgan fingerprint density at radius 3 is 2.58 bits per heavy atom. The van der Waals surface area contributed by atoms with Crippen LogP contribution in [0.15, 0.2) is 17.1 Å². The fourth-order valence-electron chi connectivity index (χ4n) is 2.88. The van der Waals surface area contributed by atoms with Gasteiger partial charge < -0.3 is 4.57 Å². The monoisotopic (exact) mass is 398 g/mol. The molecule has 0 atom stereocenters. The van der Waals surface area contributed by atoms with Crippen LogP contribution < -0.4 is 4.80 Å². The SMILES string of the molecule is Cc1c(C(C)(C)C)sc(=NC(=O)c2ccc(F)c(Cl)c2F)n1CC1CC1. The maximum atomic E-state index is 14.2. The third-order valence-electron chi connectivity index (χ3n) is 4.44. The van der Waals surface area contributed by atoms with Crippen LogP contribution in [0.25, 0.3) is 0 Å². The summed E-state index contributed by atoms with van der Waals surface area (Å²) in [6, 6.07) is 2.06. The highest BCUT2D eigenvalue weighted by Crippen LogP contribution is 2.33. The number of hydrogen-bond acceptors (Lipinski definition) is 2. The van der Waals surface area contributed by atoms with Crippen LogP contribution >= 0.6 is 22.9 Å². The molecule has 1 aliphatic rings. The van der Waals surface area contributed by atoms with Crippen molar-refractivity contribution >= 4 is 28.8 Å². The number of carbonyl (C=O) groups excluding carboxylic acids is 1. The van der Waals surface area contributed by atoms with Crippen molar-refractivity contribution in [2.24, 2.45) is 10.9 Å². The zero-order valence-corrected chi connectivity index (χ0v) is 16.8. The molecule has 0 radical (unpaired) electrons. The minimum atomic E-state index is -1.07. The van der Waals surface area contributed by atoms with Crippen LogP contribution in [0.1, 0.15) is 54.5 Å². The molecular formula is C19H21ClF2N2OS. The zero-order valence-electron chi connectivity index (χ0n) is 15.2. The lowest BCUT2D eigenvalue weighted by Gasteiger charge is -2.17. The van der Waals surface area contributed by atoms with Gasteiger partial charge in [-0.25, -0.2) is 8.78 Å². The molecule has 1 fully saturated rings. The number of halogens is 3. The van der Waals surface area contributed by atoms with Crippen molar-refractivity contribution in [3.63, 3.8) is 0 Å². The first-order valence-corrected chi connectivity index (χ1v) is 9.72. The van der Waals surface area contributed by atoms with Crippen LogP contribution in [0.2, 0.25) is 5.02 Å². The summed E-state index contributed by atoms with van der Waals surface area (Å²) >= 11 is 7.03. The summed E-state index contributed by atoms with van der Waals surface area (Å²) in [6.45, 7) is 9.16. The molecule has 3 nitrogen and oxygen atoms in total. The molecule has 0 aliphatic heterocycles. The predicted molar refractivity (Wildman–Crippen MR) is 99.7 cm³/mol. The van der Waals surface area contributed by atoms with Crippen molar-refractivity contribution in [1.82, 2.24) is 4.57 Å². The number of nitrogens with zero attached hydrogens (tertiary/aromatic N) is 2. The molecule has 3 rings (SSSR count). The van der Waals surface area contributed by atoms with Crippen molar-refractivity contribution in [3.05, 3.63) is 49.7 Å². The third-order valence-corrected chi connectivity index (χ3v) is 6.39. The van der Waals surface area contributed by atoms with Gasteiger partial charge in [-0.3, -0.25) is 4.79 Å². The van der Waals surface area contributed by atoms with E-state index in [9.17, 15) is 13.6 Å². The first-order valence-electron chi connectivity index (χ1n) is 8.53. The Morgan fingerprint density at radius 2 is 2.00 bits per heavy atom. The Bertz CT molecular complexity index is 936. The normalized spacial score (nSPS) is 15.6. The standard InChI is InChI=1S/C19H21ClF2N2OS/c1-10-16(19(2,3)4)26-18(24(10)9-11-5-6-11)23-17(25)12-7-8-13(21)14(20)15(12)22/h7-8,11H,5-6,9H2,1-4H3. The van der Waals surface area contributed by atoms with E-state index < -0.39 is 22.6 Å². The van der Waals surface area contributed by atoms with Gasteiger partial charge in [0.05, 0.1) is 5.56 Å². The number of carbonyl (C=O) groups is 1. The molecule has 0 N–H and O–H groups in total. The summed E-state index contributed by atoms with van der Waals surface area (Å²) in [6.07, 6.45) is 2.34. The number of benzene rings is 1. The van der Waals surface area contributed by atoms with Crippen molar-refractivity contribution in [3.8, 4) is 0 Å². The second-order valence-electron chi connectivity index (χ2n) is 7.74. The summed E-state index contributed by atoms with van der Waals surface area (Å²) < 4.78 is 29.5. The fourth-order valence-corrected chi connectivity index (χ4v) is 4.24. The minimum Gasteiger partial charge on any atom is -0.320 e. The summed E-state index contributed by atoms with van der Waals surface area (Å²) in [5, 5.41) is -0.686. The molecule has 1 aromatic carbocycles. The van der Waals surface area contributed by atoms with Gasteiger partial charge in [-0.15, -0.1) is 11.3 Å². The molecule has 2 aromatic rings. The van der Waals surface area contributed by atoms with Crippen LogP contribution in [0.5, 0.6) is 0 Å². The largest absolute Gasteiger partial charge is 0.320 e. The Kier molecular flexibility index (Phi) is 5.10. The number of aromatic nitrogens is 1. The van der Waals surface area contributed by atoms with Gasteiger partial charge in [0.25, 0.3) is 5.91 Å². The van der Waals surface area contributed by atoms with E-state index in [0.29, 0.717) is 10.7 Å². The Hall–Kier alpha value is -1.53. The van der Waals surface area contributed by atoms with Crippen molar-refractivity contribution < 1.29 is 13.6 Å². The number of thiazole rings is 1. The van der Waals surface area contributed by atoms with Gasteiger partial charge in [0.2, 0.25) is 0 Å². The van der Waals surface area contributed by atoms with Gasteiger partial charge in [-0.05, 0) is 43.2 Å². The second-order valence-corrected chi connectivity index (χ2v) is 9.10. The Morgan fingerprint density at radius 1 is 1.35 bits per heavy atom. The van der Waals surface area contributed by atoms with E-state index in [1.54, 1.807) is 0 Å². The zero-order chi connectivity index (χ0) is 19.2. The first-order chi connectivity index (χ1) is 12.1. The van der Waals surface area contributed by atoms with Crippen molar-refractivity contribution in [1.29, 1.82) is 0 Å². The van der Waals surface area contributed by atoms with Gasteiger partial charge in [0.15, 0.2) is 10.6 Å². The predicted octanol–water partition coefficient (Wildman–Crippen LogP) is 5.24. The molecule has 140 valence electrons. The summed E-state index contributed by atoms with van der Waals surface area (Å²) in [7, 11) is 0. The number of amides is 1. The molecule has 1 aromatic heterocycles. The van der Waals surface area contributed by atoms with E-state index >= 15 is 0 Å². The highest BCUT2D eigenvalue weighted by atomic mass is 35.5. The summed E-state index contributed by atoms with van der Waals surface area (Å²) in [4.78, 5) is 18.4. The smallest absolute Gasteiger partial charge is 0.282 e. The highest BCUT2D eigenvalue weighted by molar-refractivity contribution is 7.09. The van der Waals surface area contributed by atoms with Crippen LogP contribution in [0.3, 0.4) is 0 Å². The lowest BCUT2D eigenvalue weighted by Crippen LogP contribution is -2.20. The molecular weight excluding hydrogens is 378 g/mol. The van der Waals surface area contributed by atoms with Gasteiger partial charge in [-0.2, -0.15) is 4.99 Å². The van der Waals surface area contributed by atoms with E-state index in [-0.39, 0.29) is 11.0 Å². The van der Waals surface area contributed by atoms with E-state index in [1.165, 1.54) is 24.2 Å². The summed E-state index contributed by atoms with van der Waals surface area (Å²) in [5.74, 6) is -2.12. The molecule has 0 saturated heterocycles. The van der Waals surface area contributed by atoms with E-state index in [1.807, 2.05) is 11.5 Å². The number of rotatable bonds is 3. The molecule has 7 heteroatoms. The maximum Gasteiger partial charge on any atom is 0.282 e. The number of hydrogen-bond donors (Lipinski definition) is 0. The first kappa shape index (κ1) is 19.2. The second kappa shape index (κ2) is 6.89. The van der Waals surface area contributed by atoms with E-state index in [0.717, 1.165) is 29.2 Å². The molecule has 0 spiro atoms.